The van der Waals surface area contributed by atoms with Crippen LogP contribution in [0.3, 0.4) is 0 Å². The smallest absolute Gasteiger partial charge is 0.161 e. The Bertz CT molecular complexity index is 801. The first-order chi connectivity index (χ1) is 11.8. The van der Waals surface area contributed by atoms with Gasteiger partial charge in [-0.1, -0.05) is 0 Å². The molecule has 6 nitrogen and oxygen atoms in total. The van der Waals surface area contributed by atoms with Gasteiger partial charge in [-0.3, -0.25) is 0 Å². The summed E-state index contributed by atoms with van der Waals surface area (Å²) in [5.41, 5.74) is 1.96. The van der Waals surface area contributed by atoms with E-state index in [1.54, 1.807) is 12.4 Å². The Kier molecular flexibility index (Phi) is 3.96. The lowest BCUT2D eigenvalue weighted by Gasteiger charge is -2.31. The predicted molar refractivity (Wildman–Crippen MR) is 92.0 cm³/mol. The quantitative estimate of drug-likeness (QED) is 0.802. The zero-order valence-electron chi connectivity index (χ0n) is 13.3. The van der Waals surface area contributed by atoms with Gasteiger partial charge in [0.05, 0.1) is 11.8 Å². The van der Waals surface area contributed by atoms with E-state index in [1.807, 2.05) is 47.3 Å². The van der Waals surface area contributed by atoms with Gasteiger partial charge in [0.2, 0.25) is 0 Å². The summed E-state index contributed by atoms with van der Waals surface area (Å²) in [5, 5.41) is 14.1. The number of piperidine rings is 1. The van der Waals surface area contributed by atoms with E-state index in [-0.39, 0.29) is 6.10 Å². The van der Waals surface area contributed by atoms with Crippen molar-refractivity contribution in [3.8, 4) is 17.1 Å². The molecular weight excluding hydrogens is 302 g/mol. The van der Waals surface area contributed by atoms with Crippen LogP contribution in [-0.2, 0) is 0 Å². The van der Waals surface area contributed by atoms with E-state index in [9.17, 15) is 5.11 Å². The average molecular weight is 321 g/mol. The zero-order chi connectivity index (χ0) is 16.4. The number of hydrogen-bond donors (Lipinski definition) is 1. The van der Waals surface area contributed by atoms with Gasteiger partial charge < -0.3 is 10.0 Å². The third-order valence-electron chi connectivity index (χ3n) is 4.26. The molecule has 3 aromatic rings. The van der Waals surface area contributed by atoms with Crippen molar-refractivity contribution in [1.82, 2.24) is 19.7 Å². The maximum atomic E-state index is 9.85. The Labute approximate surface area is 140 Å². The van der Waals surface area contributed by atoms with E-state index in [4.69, 9.17) is 0 Å². The summed E-state index contributed by atoms with van der Waals surface area (Å²) in [5.74, 6) is 1.56. The van der Waals surface area contributed by atoms with Crippen molar-refractivity contribution >= 4 is 5.82 Å². The highest BCUT2D eigenvalue weighted by molar-refractivity contribution is 5.59. The Hall–Kier alpha value is -2.73. The fourth-order valence-electron chi connectivity index (χ4n) is 3.01. The number of β-amino-alcohol motifs (C(OH)–C–C–N with tert-alkyl or cyclic N) is 1. The maximum Gasteiger partial charge on any atom is 0.161 e. The fourth-order valence-corrected chi connectivity index (χ4v) is 3.01. The first-order valence-corrected chi connectivity index (χ1v) is 8.16. The molecule has 6 heteroatoms. The Morgan fingerprint density at radius 1 is 1.08 bits per heavy atom. The Morgan fingerprint density at radius 3 is 2.71 bits per heavy atom. The van der Waals surface area contributed by atoms with Gasteiger partial charge in [-0.2, -0.15) is 5.10 Å². The molecule has 122 valence electrons. The lowest BCUT2D eigenvalue weighted by Crippen LogP contribution is -2.38. The van der Waals surface area contributed by atoms with Gasteiger partial charge in [-0.25, -0.2) is 14.6 Å². The molecule has 0 amide bonds. The molecule has 1 saturated heterocycles. The second-order valence-corrected chi connectivity index (χ2v) is 5.98. The first kappa shape index (κ1) is 14.8. The molecule has 4 rings (SSSR count). The van der Waals surface area contributed by atoms with Crippen molar-refractivity contribution in [3.63, 3.8) is 0 Å². The summed E-state index contributed by atoms with van der Waals surface area (Å²) in [7, 11) is 0. The van der Waals surface area contributed by atoms with Crippen molar-refractivity contribution in [3.05, 3.63) is 55.0 Å². The standard InChI is InChI=1S/C18H19N5O/c24-16-3-1-11-22(13-16)17-8-10-19-18(21-17)14-4-6-15(7-5-14)23-12-2-9-20-23/h2,4-10,12,16,24H,1,3,11,13H2/t16-/m1/s1. The Morgan fingerprint density at radius 2 is 1.96 bits per heavy atom. The van der Waals surface area contributed by atoms with Gasteiger partial charge >= 0.3 is 0 Å². The monoisotopic (exact) mass is 321 g/mol. The summed E-state index contributed by atoms with van der Waals surface area (Å²) in [4.78, 5) is 11.2. The third-order valence-corrected chi connectivity index (χ3v) is 4.26. The van der Waals surface area contributed by atoms with Crippen LogP contribution in [0.1, 0.15) is 12.8 Å². The SMILES string of the molecule is O[C@@H]1CCCN(c2ccnc(-c3ccc(-n4cccn4)cc3)n2)C1. The lowest BCUT2D eigenvalue weighted by atomic mass is 10.1. The number of hydrogen-bond acceptors (Lipinski definition) is 5. The number of aliphatic hydroxyl groups is 1. The molecule has 0 unspecified atom stereocenters. The summed E-state index contributed by atoms with van der Waals surface area (Å²) in [6.07, 6.45) is 7.02. The first-order valence-electron chi connectivity index (χ1n) is 8.16. The van der Waals surface area contributed by atoms with Crippen LogP contribution < -0.4 is 4.90 Å². The molecule has 1 N–H and O–H groups in total. The number of rotatable bonds is 3. The molecule has 0 radical (unpaired) electrons. The minimum Gasteiger partial charge on any atom is -0.391 e. The normalized spacial score (nSPS) is 17.9. The molecule has 0 saturated carbocycles. The predicted octanol–water partition coefficient (Wildman–Crippen LogP) is 2.29. The molecule has 1 atom stereocenters. The zero-order valence-corrected chi connectivity index (χ0v) is 13.3. The second-order valence-electron chi connectivity index (χ2n) is 5.98. The van der Waals surface area contributed by atoms with Crippen molar-refractivity contribution in [2.24, 2.45) is 0 Å². The fraction of sp³-hybridized carbons (Fsp3) is 0.278. The molecule has 24 heavy (non-hydrogen) atoms. The lowest BCUT2D eigenvalue weighted by molar-refractivity contribution is 0.154. The molecule has 0 spiro atoms. The molecule has 1 fully saturated rings. The van der Waals surface area contributed by atoms with Gasteiger partial charge in [0.15, 0.2) is 5.82 Å². The Balaban J connectivity index is 1.59. The van der Waals surface area contributed by atoms with Crippen LogP contribution in [0, 0.1) is 0 Å². The maximum absolute atomic E-state index is 9.85. The van der Waals surface area contributed by atoms with Crippen LogP contribution in [0.4, 0.5) is 5.82 Å². The van der Waals surface area contributed by atoms with Crippen LogP contribution in [0.5, 0.6) is 0 Å². The summed E-state index contributed by atoms with van der Waals surface area (Å²) < 4.78 is 1.82. The van der Waals surface area contributed by atoms with Crippen molar-refractivity contribution in [1.29, 1.82) is 0 Å². The van der Waals surface area contributed by atoms with Crippen LogP contribution in [0.2, 0.25) is 0 Å². The van der Waals surface area contributed by atoms with Gasteiger partial charge in [0.1, 0.15) is 5.82 Å². The molecule has 1 aliphatic heterocycles. The van der Waals surface area contributed by atoms with Gasteiger partial charge in [-0.05, 0) is 49.2 Å². The number of aliphatic hydroxyl groups excluding tert-OH is 1. The molecule has 2 aromatic heterocycles. The third kappa shape index (κ3) is 3.00. The number of benzene rings is 1. The van der Waals surface area contributed by atoms with Gasteiger partial charge in [0.25, 0.3) is 0 Å². The van der Waals surface area contributed by atoms with E-state index in [0.29, 0.717) is 12.4 Å². The van der Waals surface area contributed by atoms with E-state index < -0.39 is 0 Å². The minimum atomic E-state index is -0.273. The molecule has 3 heterocycles. The van der Waals surface area contributed by atoms with Crippen molar-refractivity contribution in [2.45, 2.75) is 18.9 Å². The highest BCUT2D eigenvalue weighted by atomic mass is 16.3. The highest BCUT2D eigenvalue weighted by Gasteiger charge is 2.19. The minimum absolute atomic E-state index is 0.273. The number of anilines is 1. The van der Waals surface area contributed by atoms with E-state index in [1.165, 1.54) is 0 Å². The number of nitrogens with zero attached hydrogens (tertiary/aromatic N) is 5. The van der Waals surface area contributed by atoms with Gasteiger partial charge in [0, 0.05) is 37.2 Å². The van der Waals surface area contributed by atoms with E-state index in [0.717, 1.165) is 36.5 Å². The topological polar surface area (TPSA) is 67.1 Å². The van der Waals surface area contributed by atoms with Crippen molar-refractivity contribution in [2.75, 3.05) is 18.0 Å². The summed E-state index contributed by atoms with van der Waals surface area (Å²) in [6, 6.07) is 11.8. The second kappa shape index (κ2) is 6.41. The summed E-state index contributed by atoms with van der Waals surface area (Å²) >= 11 is 0. The average Bonchev–Trinajstić information content (AvgIpc) is 3.17. The highest BCUT2D eigenvalue weighted by Crippen LogP contribution is 2.22. The van der Waals surface area contributed by atoms with Crippen LogP contribution >= 0.6 is 0 Å². The van der Waals surface area contributed by atoms with Gasteiger partial charge in [-0.15, -0.1) is 0 Å². The van der Waals surface area contributed by atoms with Crippen LogP contribution in [-0.4, -0.2) is 44.0 Å². The molecule has 0 aliphatic carbocycles. The summed E-state index contributed by atoms with van der Waals surface area (Å²) in [6.45, 7) is 1.56. The molecule has 1 aliphatic rings. The van der Waals surface area contributed by atoms with Crippen LogP contribution in [0.25, 0.3) is 17.1 Å². The largest absolute Gasteiger partial charge is 0.391 e. The molecular formula is C18H19N5O. The van der Waals surface area contributed by atoms with E-state index in [2.05, 4.69) is 20.0 Å². The number of aromatic nitrogens is 4. The molecule has 1 aromatic carbocycles. The molecule has 0 bridgehead atoms. The van der Waals surface area contributed by atoms with E-state index >= 15 is 0 Å². The van der Waals surface area contributed by atoms with Crippen molar-refractivity contribution < 1.29 is 5.11 Å². The van der Waals surface area contributed by atoms with Crippen LogP contribution in [0.15, 0.2) is 55.0 Å².